The van der Waals surface area contributed by atoms with E-state index in [0.29, 0.717) is 26.7 Å². The Morgan fingerprint density at radius 2 is 1.97 bits per heavy atom. The van der Waals surface area contributed by atoms with E-state index in [1.807, 2.05) is 6.26 Å². The summed E-state index contributed by atoms with van der Waals surface area (Å²) >= 11 is 2.64. The number of nitrogens with zero attached hydrogens (tertiary/aromatic N) is 3. The minimum Gasteiger partial charge on any atom is -0.497 e. The van der Waals surface area contributed by atoms with Crippen molar-refractivity contribution in [3.05, 3.63) is 48.5 Å². The fraction of sp³-hybridized carbons (Fsp3) is 0.211. The van der Waals surface area contributed by atoms with Gasteiger partial charge in [0.25, 0.3) is 15.9 Å². The summed E-state index contributed by atoms with van der Waals surface area (Å²) in [7, 11) is -2.45. The fourth-order valence-corrected chi connectivity index (χ4v) is 5.62. The van der Waals surface area contributed by atoms with E-state index < -0.39 is 22.0 Å². The summed E-state index contributed by atoms with van der Waals surface area (Å²) in [5, 5.41) is 10.8. The predicted molar refractivity (Wildman–Crippen MR) is 119 cm³/mol. The first kappa shape index (κ1) is 21.4. The number of methoxy groups -OCH3 is 1. The molecule has 0 radical (unpaired) electrons. The monoisotopic (exact) mass is 478 g/mol. The first-order chi connectivity index (χ1) is 14.9. The molecule has 0 spiro atoms. The second-order valence-electron chi connectivity index (χ2n) is 6.35. The number of sulfonamides is 1. The van der Waals surface area contributed by atoms with Gasteiger partial charge in [-0.05, 0) is 42.7 Å². The maximum atomic E-state index is 13.4. The molecule has 1 aliphatic heterocycles. The van der Waals surface area contributed by atoms with Gasteiger partial charge in [-0.1, -0.05) is 35.2 Å². The number of benzene rings is 2. The molecule has 3 aromatic rings. The van der Waals surface area contributed by atoms with E-state index in [0.717, 1.165) is 0 Å². The summed E-state index contributed by atoms with van der Waals surface area (Å²) in [6.45, 7) is -0.189. The van der Waals surface area contributed by atoms with Crippen molar-refractivity contribution in [2.24, 2.45) is 0 Å². The van der Waals surface area contributed by atoms with Crippen LogP contribution in [0.1, 0.15) is 0 Å². The van der Waals surface area contributed by atoms with Crippen molar-refractivity contribution in [3.63, 3.8) is 0 Å². The van der Waals surface area contributed by atoms with Gasteiger partial charge in [0.2, 0.25) is 5.13 Å². The van der Waals surface area contributed by atoms with Crippen LogP contribution in [0.15, 0.2) is 57.8 Å². The van der Waals surface area contributed by atoms with Gasteiger partial charge in [-0.25, -0.2) is 8.42 Å². The van der Waals surface area contributed by atoms with E-state index in [-0.39, 0.29) is 11.4 Å². The van der Waals surface area contributed by atoms with Gasteiger partial charge in [0.15, 0.2) is 10.4 Å². The first-order valence-electron chi connectivity index (χ1n) is 9.03. The molecule has 0 fully saturated rings. The number of carbonyl (C=O) groups is 1. The number of hydrogen-bond acceptors (Lipinski definition) is 9. The minimum absolute atomic E-state index is 0.0814. The van der Waals surface area contributed by atoms with Crippen molar-refractivity contribution in [2.45, 2.75) is 15.3 Å². The van der Waals surface area contributed by atoms with Gasteiger partial charge in [-0.2, -0.15) is 0 Å². The maximum Gasteiger partial charge on any atom is 0.269 e. The van der Waals surface area contributed by atoms with E-state index in [1.54, 1.807) is 36.4 Å². The Balaban J connectivity index is 1.64. The highest BCUT2D eigenvalue weighted by Crippen LogP contribution is 2.37. The van der Waals surface area contributed by atoms with E-state index >= 15 is 0 Å². The van der Waals surface area contributed by atoms with Gasteiger partial charge in [0.1, 0.15) is 11.5 Å². The highest BCUT2D eigenvalue weighted by molar-refractivity contribution is 8.00. The molecule has 1 atom stereocenters. The van der Waals surface area contributed by atoms with Crippen molar-refractivity contribution in [2.75, 3.05) is 29.5 Å². The number of nitrogens with one attached hydrogen (secondary N) is 1. The molecular weight excluding hydrogens is 460 g/mol. The molecule has 0 saturated heterocycles. The molecule has 1 aromatic heterocycles. The highest BCUT2D eigenvalue weighted by atomic mass is 32.2. The summed E-state index contributed by atoms with van der Waals surface area (Å²) in [6, 6.07) is 12.8. The number of para-hydroxylation sites is 2. The number of aromatic nitrogens is 2. The molecule has 1 unspecified atom stereocenters. The Morgan fingerprint density at radius 1 is 1.23 bits per heavy atom. The van der Waals surface area contributed by atoms with Crippen molar-refractivity contribution in [1.29, 1.82) is 0 Å². The quantitative estimate of drug-likeness (QED) is 0.425. The van der Waals surface area contributed by atoms with Crippen LogP contribution in [-0.4, -0.2) is 50.5 Å². The summed E-state index contributed by atoms with van der Waals surface area (Å²) in [5.74, 6) is 0.335. The van der Waals surface area contributed by atoms with E-state index in [2.05, 4.69) is 15.5 Å². The van der Waals surface area contributed by atoms with Crippen molar-refractivity contribution in [1.82, 2.24) is 10.2 Å². The van der Waals surface area contributed by atoms with E-state index in [9.17, 15) is 13.2 Å². The number of fused-ring (bicyclic) bond motifs is 1. The average molecular weight is 479 g/mol. The molecule has 9 nitrogen and oxygen atoms in total. The molecule has 1 aliphatic rings. The number of ether oxygens (including phenoxy) is 2. The number of anilines is 2. The zero-order valence-electron chi connectivity index (χ0n) is 16.5. The number of hydrogen-bond donors (Lipinski definition) is 1. The first-order valence-corrected chi connectivity index (χ1v) is 12.5. The van der Waals surface area contributed by atoms with Gasteiger partial charge < -0.3 is 9.47 Å². The second-order valence-corrected chi connectivity index (χ2v) is 10.2. The third-order valence-corrected chi connectivity index (χ3v) is 8.09. The minimum atomic E-state index is -3.95. The van der Waals surface area contributed by atoms with Crippen LogP contribution >= 0.6 is 23.1 Å². The van der Waals surface area contributed by atoms with Crippen LogP contribution < -0.4 is 19.1 Å². The molecule has 2 heterocycles. The summed E-state index contributed by atoms with van der Waals surface area (Å²) in [6.07, 6.45) is 0.791. The number of carbonyl (C=O) groups excluding carboxylic acids is 1. The van der Waals surface area contributed by atoms with Crippen LogP contribution in [0, 0.1) is 0 Å². The SMILES string of the molecule is COc1ccc(S(=O)(=O)N2CC(C(=O)Nc3nnc(SC)s3)Oc3ccccc32)cc1. The van der Waals surface area contributed by atoms with Gasteiger partial charge in [-0.15, -0.1) is 10.2 Å². The topological polar surface area (TPSA) is 111 Å². The Hall–Kier alpha value is -2.83. The van der Waals surface area contributed by atoms with Crippen LogP contribution in [0.3, 0.4) is 0 Å². The summed E-state index contributed by atoms with van der Waals surface area (Å²) in [4.78, 5) is 12.9. The predicted octanol–water partition coefficient (Wildman–Crippen LogP) is 2.86. The highest BCUT2D eigenvalue weighted by Gasteiger charge is 2.37. The third kappa shape index (κ3) is 4.31. The lowest BCUT2D eigenvalue weighted by Crippen LogP contribution is -2.48. The standard InChI is InChI=1S/C19H18N4O5S3/c1-27-12-7-9-13(10-8-12)31(25,26)23-11-16(28-15-6-4-3-5-14(15)23)17(24)20-18-21-22-19(29-2)30-18/h3-10,16H,11H2,1-2H3,(H,20,21,24). The van der Waals surface area contributed by atoms with Crippen LogP contribution in [0.25, 0.3) is 0 Å². The fourth-order valence-electron chi connectivity index (χ4n) is 2.97. The Labute approximate surface area is 187 Å². The third-order valence-electron chi connectivity index (χ3n) is 4.49. The molecule has 0 bridgehead atoms. The number of rotatable bonds is 6. The van der Waals surface area contributed by atoms with Gasteiger partial charge in [0.05, 0.1) is 24.2 Å². The number of thioether (sulfide) groups is 1. The van der Waals surface area contributed by atoms with Crippen LogP contribution in [-0.2, 0) is 14.8 Å². The normalized spacial score (nSPS) is 15.7. The van der Waals surface area contributed by atoms with Gasteiger partial charge in [0, 0.05) is 0 Å². The van der Waals surface area contributed by atoms with Crippen molar-refractivity contribution >= 4 is 49.8 Å². The Kier molecular flexibility index (Phi) is 6.03. The summed E-state index contributed by atoms with van der Waals surface area (Å²) in [5.41, 5.74) is 0.364. The van der Waals surface area contributed by atoms with E-state index in [4.69, 9.17) is 9.47 Å². The lowest BCUT2D eigenvalue weighted by atomic mass is 10.2. The molecule has 1 amide bonds. The van der Waals surface area contributed by atoms with E-state index in [1.165, 1.54) is 46.6 Å². The molecule has 12 heteroatoms. The maximum absolute atomic E-state index is 13.4. The zero-order chi connectivity index (χ0) is 22.0. The largest absolute Gasteiger partial charge is 0.497 e. The molecule has 2 aromatic carbocycles. The van der Waals surface area contributed by atoms with Crippen molar-refractivity contribution < 1.29 is 22.7 Å². The van der Waals surface area contributed by atoms with Crippen molar-refractivity contribution in [3.8, 4) is 11.5 Å². The zero-order valence-corrected chi connectivity index (χ0v) is 19.0. The smallest absolute Gasteiger partial charge is 0.269 e. The van der Waals surface area contributed by atoms with Gasteiger partial charge >= 0.3 is 0 Å². The van der Waals surface area contributed by atoms with Crippen LogP contribution in [0.5, 0.6) is 11.5 Å². The molecular formula is C19H18N4O5S3. The van der Waals surface area contributed by atoms with Gasteiger partial charge in [-0.3, -0.25) is 14.4 Å². The molecule has 1 N–H and O–H groups in total. The Morgan fingerprint density at radius 3 is 2.65 bits per heavy atom. The number of amides is 1. The second kappa shape index (κ2) is 8.73. The summed E-state index contributed by atoms with van der Waals surface area (Å²) < 4.78 is 39.6. The van der Waals surface area contributed by atoms with Crippen LogP contribution in [0.4, 0.5) is 10.8 Å². The molecule has 31 heavy (non-hydrogen) atoms. The molecule has 162 valence electrons. The molecule has 0 aliphatic carbocycles. The average Bonchev–Trinajstić information content (AvgIpc) is 3.25. The molecule has 4 rings (SSSR count). The Bertz CT molecular complexity index is 1200. The van der Waals surface area contributed by atoms with Crippen LogP contribution in [0.2, 0.25) is 0 Å². The molecule has 0 saturated carbocycles. The lowest BCUT2D eigenvalue weighted by Gasteiger charge is -2.34. The lowest BCUT2D eigenvalue weighted by molar-refractivity contribution is -0.122.